The molecule has 0 radical (unpaired) electrons. The van der Waals surface area contributed by atoms with E-state index in [0.29, 0.717) is 6.61 Å². The molecule has 6 nitrogen and oxygen atoms in total. The standard InChI is InChI=1S/C20H27N3O3/c1-24-18-5-3-17(4-6-18)13-22-11-12-25-16-20(15-22)8-7-19(26-20)14-23-10-2-9-21-23/h2-6,9-10,19H,7-8,11-16H2,1H3/t19-,20+/m0/s1. The minimum atomic E-state index is -0.194. The lowest BCUT2D eigenvalue weighted by Gasteiger charge is -2.32. The fourth-order valence-electron chi connectivity index (χ4n) is 3.97. The smallest absolute Gasteiger partial charge is 0.118 e. The Morgan fingerprint density at radius 1 is 1.31 bits per heavy atom. The summed E-state index contributed by atoms with van der Waals surface area (Å²) in [5.41, 5.74) is 1.09. The van der Waals surface area contributed by atoms with Gasteiger partial charge in [0.15, 0.2) is 0 Å². The van der Waals surface area contributed by atoms with Crippen molar-refractivity contribution in [1.29, 1.82) is 0 Å². The van der Waals surface area contributed by atoms with Crippen molar-refractivity contribution < 1.29 is 14.2 Å². The minimum Gasteiger partial charge on any atom is -0.497 e. The second kappa shape index (κ2) is 7.78. The van der Waals surface area contributed by atoms with Crippen molar-refractivity contribution in [1.82, 2.24) is 14.7 Å². The number of hydrogen-bond acceptors (Lipinski definition) is 5. The van der Waals surface area contributed by atoms with E-state index in [1.165, 1.54) is 5.56 Å². The van der Waals surface area contributed by atoms with Crippen LogP contribution in [0.4, 0.5) is 0 Å². The summed E-state index contributed by atoms with van der Waals surface area (Å²) in [7, 11) is 1.70. The first-order valence-corrected chi connectivity index (χ1v) is 9.33. The lowest BCUT2D eigenvalue weighted by Crippen LogP contribution is -2.44. The van der Waals surface area contributed by atoms with Crippen LogP contribution in [0.1, 0.15) is 18.4 Å². The van der Waals surface area contributed by atoms with Gasteiger partial charge in [-0.3, -0.25) is 9.58 Å². The fraction of sp³-hybridized carbons (Fsp3) is 0.550. The normalized spacial score (nSPS) is 26.9. The summed E-state index contributed by atoms with van der Waals surface area (Å²) in [6.07, 6.45) is 6.11. The molecule has 1 aromatic carbocycles. The van der Waals surface area contributed by atoms with Crippen molar-refractivity contribution in [2.45, 2.75) is 37.6 Å². The van der Waals surface area contributed by atoms with Crippen LogP contribution in [-0.2, 0) is 22.6 Å². The molecule has 2 fully saturated rings. The largest absolute Gasteiger partial charge is 0.497 e. The molecule has 0 amide bonds. The van der Waals surface area contributed by atoms with Gasteiger partial charge in [-0.15, -0.1) is 0 Å². The van der Waals surface area contributed by atoms with Crippen LogP contribution in [0.3, 0.4) is 0 Å². The molecule has 140 valence electrons. The molecule has 2 aromatic rings. The number of methoxy groups -OCH3 is 1. The topological polar surface area (TPSA) is 48.8 Å². The Bertz CT molecular complexity index is 689. The van der Waals surface area contributed by atoms with Gasteiger partial charge in [0.1, 0.15) is 11.4 Å². The van der Waals surface area contributed by atoms with E-state index in [-0.39, 0.29) is 11.7 Å². The first-order chi connectivity index (χ1) is 12.7. The highest BCUT2D eigenvalue weighted by Crippen LogP contribution is 2.34. The van der Waals surface area contributed by atoms with Crippen LogP contribution >= 0.6 is 0 Å². The number of hydrogen-bond donors (Lipinski definition) is 0. The van der Waals surface area contributed by atoms with Crippen LogP contribution in [-0.4, -0.2) is 59.8 Å². The maximum absolute atomic E-state index is 6.50. The molecule has 0 saturated carbocycles. The number of ether oxygens (including phenoxy) is 3. The molecular formula is C20H27N3O3. The molecule has 2 atom stereocenters. The third-order valence-corrected chi connectivity index (χ3v) is 5.28. The molecule has 3 heterocycles. The SMILES string of the molecule is COc1ccc(CN2CCOC[C@@]3(CC[C@@H](Cn4cccn4)O3)C2)cc1. The fourth-order valence-corrected chi connectivity index (χ4v) is 3.97. The predicted molar refractivity (Wildman–Crippen MR) is 98.2 cm³/mol. The van der Waals surface area contributed by atoms with Crippen molar-refractivity contribution in [3.05, 3.63) is 48.3 Å². The molecule has 1 spiro atoms. The minimum absolute atomic E-state index is 0.194. The molecule has 0 N–H and O–H groups in total. The molecule has 4 rings (SSSR count). The third-order valence-electron chi connectivity index (χ3n) is 5.28. The van der Waals surface area contributed by atoms with E-state index in [0.717, 1.165) is 51.4 Å². The molecule has 2 saturated heterocycles. The van der Waals surface area contributed by atoms with Gasteiger partial charge in [-0.1, -0.05) is 12.1 Å². The lowest BCUT2D eigenvalue weighted by molar-refractivity contribution is -0.0904. The summed E-state index contributed by atoms with van der Waals surface area (Å²) in [4.78, 5) is 2.45. The second-order valence-electron chi connectivity index (χ2n) is 7.30. The molecule has 26 heavy (non-hydrogen) atoms. The maximum atomic E-state index is 6.50. The van der Waals surface area contributed by atoms with E-state index in [1.807, 2.05) is 35.3 Å². The highest BCUT2D eigenvalue weighted by molar-refractivity contribution is 5.27. The Hall–Kier alpha value is -1.89. The molecule has 2 aliphatic heterocycles. The number of aromatic nitrogens is 2. The van der Waals surface area contributed by atoms with Gasteiger partial charge in [0.05, 0.1) is 33.0 Å². The first kappa shape index (κ1) is 17.5. The van der Waals surface area contributed by atoms with Crippen LogP contribution in [0.25, 0.3) is 0 Å². The summed E-state index contributed by atoms with van der Waals surface area (Å²) in [6.45, 7) is 5.00. The molecule has 0 aliphatic carbocycles. The molecular weight excluding hydrogens is 330 g/mol. The van der Waals surface area contributed by atoms with E-state index < -0.39 is 0 Å². The Kier molecular flexibility index (Phi) is 5.24. The molecule has 6 heteroatoms. The summed E-state index contributed by atoms with van der Waals surface area (Å²) in [5, 5.41) is 4.30. The third kappa shape index (κ3) is 4.09. The van der Waals surface area contributed by atoms with E-state index in [9.17, 15) is 0 Å². The highest BCUT2D eigenvalue weighted by Gasteiger charge is 2.43. The van der Waals surface area contributed by atoms with Crippen LogP contribution in [0.15, 0.2) is 42.7 Å². The zero-order valence-corrected chi connectivity index (χ0v) is 15.3. The van der Waals surface area contributed by atoms with Gasteiger partial charge in [0.25, 0.3) is 0 Å². The van der Waals surface area contributed by atoms with Crippen molar-refractivity contribution in [3.8, 4) is 5.75 Å². The van der Waals surface area contributed by atoms with E-state index in [4.69, 9.17) is 14.2 Å². The van der Waals surface area contributed by atoms with E-state index in [1.54, 1.807) is 7.11 Å². The summed E-state index contributed by atoms with van der Waals surface area (Å²) < 4.78 is 19.6. The van der Waals surface area contributed by atoms with Gasteiger partial charge >= 0.3 is 0 Å². The first-order valence-electron chi connectivity index (χ1n) is 9.33. The Labute approximate surface area is 154 Å². The zero-order chi connectivity index (χ0) is 17.8. The summed E-state index contributed by atoms with van der Waals surface area (Å²) in [6, 6.07) is 10.3. The van der Waals surface area contributed by atoms with E-state index in [2.05, 4.69) is 22.1 Å². The summed E-state index contributed by atoms with van der Waals surface area (Å²) >= 11 is 0. The zero-order valence-electron chi connectivity index (χ0n) is 15.3. The van der Waals surface area contributed by atoms with Crippen LogP contribution < -0.4 is 4.74 Å². The predicted octanol–water partition coefficient (Wildman–Crippen LogP) is 2.34. The Morgan fingerprint density at radius 3 is 2.96 bits per heavy atom. The van der Waals surface area contributed by atoms with Gasteiger partial charge < -0.3 is 14.2 Å². The second-order valence-corrected chi connectivity index (χ2v) is 7.30. The number of benzene rings is 1. The average molecular weight is 357 g/mol. The molecule has 1 aromatic heterocycles. The molecule has 2 aliphatic rings. The Morgan fingerprint density at radius 2 is 2.19 bits per heavy atom. The molecule has 0 bridgehead atoms. The molecule has 0 unspecified atom stereocenters. The summed E-state index contributed by atoms with van der Waals surface area (Å²) in [5.74, 6) is 0.894. The van der Waals surface area contributed by atoms with E-state index >= 15 is 0 Å². The van der Waals surface area contributed by atoms with Crippen LogP contribution in [0.5, 0.6) is 5.75 Å². The van der Waals surface area contributed by atoms with Crippen LogP contribution in [0, 0.1) is 0 Å². The van der Waals surface area contributed by atoms with Crippen molar-refractivity contribution in [2.75, 3.05) is 33.4 Å². The highest BCUT2D eigenvalue weighted by atomic mass is 16.6. The van der Waals surface area contributed by atoms with Gasteiger partial charge in [-0.2, -0.15) is 5.10 Å². The van der Waals surface area contributed by atoms with Gasteiger partial charge in [0.2, 0.25) is 0 Å². The van der Waals surface area contributed by atoms with Gasteiger partial charge in [-0.05, 0) is 36.6 Å². The Balaban J connectivity index is 1.39. The maximum Gasteiger partial charge on any atom is 0.118 e. The van der Waals surface area contributed by atoms with Crippen LogP contribution in [0.2, 0.25) is 0 Å². The van der Waals surface area contributed by atoms with Crippen molar-refractivity contribution in [2.24, 2.45) is 0 Å². The van der Waals surface area contributed by atoms with Gasteiger partial charge in [-0.25, -0.2) is 0 Å². The number of nitrogens with zero attached hydrogens (tertiary/aromatic N) is 3. The quantitative estimate of drug-likeness (QED) is 0.822. The lowest BCUT2D eigenvalue weighted by atomic mass is 10.00. The number of rotatable bonds is 5. The average Bonchev–Trinajstić information content (AvgIpc) is 3.25. The van der Waals surface area contributed by atoms with Gasteiger partial charge in [0, 0.05) is 32.0 Å². The van der Waals surface area contributed by atoms with Crippen molar-refractivity contribution >= 4 is 0 Å². The monoisotopic (exact) mass is 357 g/mol. The van der Waals surface area contributed by atoms with Crippen molar-refractivity contribution in [3.63, 3.8) is 0 Å².